The van der Waals surface area contributed by atoms with Gasteiger partial charge in [-0.3, -0.25) is 8.42 Å². The second kappa shape index (κ2) is 8.86. The van der Waals surface area contributed by atoms with Gasteiger partial charge in [-0.25, -0.2) is 0 Å². The summed E-state index contributed by atoms with van der Waals surface area (Å²) in [5.74, 6) is 0. The van der Waals surface area contributed by atoms with E-state index in [0.29, 0.717) is 0 Å². The Morgan fingerprint density at radius 2 is 1.12 bits per heavy atom. The summed E-state index contributed by atoms with van der Waals surface area (Å²) < 4.78 is 34.1. The Labute approximate surface area is 92.9 Å². The maximum atomic E-state index is 8.52. The van der Waals surface area contributed by atoms with Gasteiger partial charge in [-0.15, -0.1) is 0 Å². The van der Waals surface area contributed by atoms with Gasteiger partial charge >= 0.3 is 60.8 Å². The van der Waals surface area contributed by atoms with E-state index in [1.807, 2.05) is 0 Å². The Bertz CT molecular complexity index is 95.6. The zero-order chi connectivity index (χ0) is 4.50. The van der Waals surface area contributed by atoms with Gasteiger partial charge in [-0.2, -0.15) is 0 Å². The second-order valence-corrected chi connectivity index (χ2v) is 1.22. The first-order chi connectivity index (χ1) is 2.00. The van der Waals surface area contributed by atoms with Gasteiger partial charge in [0.2, 0.25) is 0 Å². The molecule has 0 saturated heterocycles. The standard InChI is InChI=1S/Ca.Mg.H2O4S.H2O.2H/c;;1-5(2,3)4;;;/h;;(H2,1,2,3,4);1H2;;/q+2;;;;;/p-2. The molecule has 0 aliphatic carbocycles. The fourth-order valence-electron chi connectivity index (χ4n) is 0. The Kier molecular flexibility index (Phi) is 25.0. The molecule has 8 heteroatoms. The van der Waals surface area contributed by atoms with E-state index in [-0.39, 0.29) is 66.3 Å². The minimum atomic E-state index is -5.17. The third-order valence-electron chi connectivity index (χ3n) is 0. The zero-order valence-electron chi connectivity index (χ0n) is 3.25. The summed E-state index contributed by atoms with van der Waals surface area (Å²) >= 11 is 0. The van der Waals surface area contributed by atoms with Gasteiger partial charge in [0, 0.05) is 10.4 Å². The Hall–Kier alpha value is 1.86. The first kappa shape index (κ1) is 22.5. The van der Waals surface area contributed by atoms with E-state index in [0.717, 1.165) is 0 Å². The van der Waals surface area contributed by atoms with Crippen LogP contribution in [0.15, 0.2) is 0 Å². The summed E-state index contributed by atoms with van der Waals surface area (Å²) in [6.07, 6.45) is 0. The smallest absolute Gasteiger partial charge is 0.759 e. The molecule has 0 aromatic heterocycles. The number of hydrogen-bond acceptors (Lipinski definition) is 4. The Morgan fingerprint density at radius 1 is 1.12 bits per heavy atom. The normalized spacial score (nSPS) is 7.25. The van der Waals surface area contributed by atoms with Crippen molar-refractivity contribution < 1.29 is 23.0 Å². The molecule has 0 spiro atoms. The predicted molar refractivity (Wildman–Crippen MR) is 28.4 cm³/mol. The van der Waals surface area contributed by atoms with Crippen LogP contribution in [0.4, 0.5) is 0 Å². The minimum absolute atomic E-state index is 0. The van der Waals surface area contributed by atoms with Crippen LogP contribution in [-0.4, -0.2) is 83.8 Å². The fraction of sp³-hybridized carbons (Fsp3) is 0. The molecule has 5 nitrogen and oxygen atoms in total. The van der Waals surface area contributed by atoms with E-state index in [1.165, 1.54) is 0 Å². The molecule has 0 saturated carbocycles. The summed E-state index contributed by atoms with van der Waals surface area (Å²) in [7, 11) is -5.17. The van der Waals surface area contributed by atoms with Crippen LogP contribution < -0.4 is 0 Å². The summed E-state index contributed by atoms with van der Waals surface area (Å²) in [5, 5.41) is 0. The summed E-state index contributed by atoms with van der Waals surface area (Å²) in [6.45, 7) is 0. The molecule has 0 heterocycles. The maximum Gasteiger partial charge on any atom is 2.00 e. The fourth-order valence-corrected chi connectivity index (χ4v) is 0. The quantitative estimate of drug-likeness (QED) is 0.219. The van der Waals surface area contributed by atoms with E-state index in [1.54, 1.807) is 0 Å². The predicted octanol–water partition coefficient (Wildman–Crippen LogP) is -3.46. The summed E-state index contributed by atoms with van der Waals surface area (Å²) in [4.78, 5) is 0. The number of rotatable bonds is 0. The molecule has 0 aliphatic heterocycles. The van der Waals surface area contributed by atoms with Crippen LogP contribution in [-0.2, 0) is 10.4 Å². The molecule has 2 N–H and O–H groups in total. The van der Waals surface area contributed by atoms with Crippen molar-refractivity contribution in [2.45, 2.75) is 0 Å². The van der Waals surface area contributed by atoms with Crippen molar-refractivity contribution in [3.8, 4) is 0 Å². The second-order valence-electron chi connectivity index (χ2n) is 0.408. The molecular weight excluding hydrogens is 176 g/mol. The number of hydrogen-bond donors (Lipinski definition) is 0. The molecule has 0 fully saturated rings. The van der Waals surface area contributed by atoms with Crippen LogP contribution in [0.2, 0.25) is 0 Å². The molecule has 8 heavy (non-hydrogen) atoms. The van der Waals surface area contributed by atoms with Crippen LogP contribution >= 0.6 is 0 Å². The van der Waals surface area contributed by atoms with Crippen molar-refractivity contribution in [1.82, 2.24) is 0 Å². The minimum Gasteiger partial charge on any atom is -0.759 e. The van der Waals surface area contributed by atoms with E-state index in [2.05, 4.69) is 0 Å². The van der Waals surface area contributed by atoms with Gasteiger partial charge < -0.3 is 14.6 Å². The summed E-state index contributed by atoms with van der Waals surface area (Å²) in [5.41, 5.74) is 0. The maximum absolute atomic E-state index is 8.52. The van der Waals surface area contributed by atoms with Gasteiger partial charge in [0.1, 0.15) is 0 Å². The SMILES string of the molecule is O.O=S(=O)([O-])[O-].[Ca+2].[MgH2]. The zero-order valence-corrected chi connectivity index (χ0v) is 6.27. The summed E-state index contributed by atoms with van der Waals surface area (Å²) in [6, 6.07) is 0. The molecule has 0 atom stereocenters. The Balaban J connectivity index is -0.0000000267. The molecule has 0 aromatic rings. The Morgan fingerprint density at radius 3 is 1.12 bits per heavy atom. The van der Waals surface area contributed by atoms with Crippen molar-refractivity contribution in [3.63, 3.8) is 0 Å². The molecule has 0 aromatic carbocycles. The van der Waals surface area contributed by atoms with Crippen LogP contribution in [0.3, 0.4) is 0 Å². The topological polar surface area (TPSA) is 112 Å². The van der Waals surface area contributed by atoms with Crippen molar-refractivity contribution in [3.05, 3.63) is 0 Å². The van der Waals surface area contributed by atoms with Crippen molar-refractivity contribution >= 4 is 71.2 Å². The third kappa shape index (κ3) is 107. The monoisotopic (exact) mass is 180 g/mol. The average molecular weight is 180 g/mol. The molecule has 0 aliphatic rings. The molecule has 0 amide bonds. The molecule has 0 bridgehead atoms. The van der Waals surface area contributed by atoms with Crippen LogP contribution in [0, 0.1) is 0 Å². The van der Waals surface area contributed by atoms with Gasteiger partial charge in [0.15, 0.2) is 0 Å². The first-order valence-corrected chi connectivity index (χ1v) is 2.00. The van der Waals surface area contributed by atoms with E-state index < -0.39 is 10.4 Å². The van der Waals surface area contributed by atoms with Crippen molar-refractivity contribution in [2.75, 3.05) is 0 Å². The van der Waals surface area contributed by atoms with Gasteiger partial charge in [0.05, 0.1) is 0 Å². The van der Waals surface area contributed by atoms with Crippen LogP contribution in [0.1, 0.15) is 0 Å². The molecular formula is H4CaMgO5S. The van der Waals surface area contributed by atoms with E-state index in [4.69, 9.17) is 17.5 Å². The van der Waals surface area contributed by atoms with Crippen molar-refractivity contribution in [2.24, 2.45) is 0 Å². The van der Waals surface area contributed by atoms with Crippen molar-refractivity contribution in [1.29, 1.82) is 0 Å². The van der Waals surface area contributed by atoms with E-state index in [9.17, 15) is 0 Å². The van der Waals surface area contributed by atoms with Gasteiger partial charge in [-0.1, -0.05) is 0 Å². The van der Waals surface area contributed by atoms with Gasteiger partial charge in [0.25, 0.3) is 0 Å². The molecule has 0 radical (unpaired) electrons. The van der Waals surface area contributed by atoms with Gasteiger partial charge in [-0.05, 0) is 0 Å². The van der Waals surface area contributed by atoms with Crippen LogP contribution in [0.5, 0.6) is 0 Å². The third-order valence-corrected chi connectivity index (χ3v) is 0. The first-order valence-electron chi connectivity index (χ1n) is 0.667. The molecule has 0 rings (SSSR count). The molecule has 44 valence electrons. The van der Waals surface area contributed by atoms with E-state index >= 15 is 0 Å². The van der Waals surface area contributed by atoms with Crippen LogP contribution in [0.25, 0.3) is 0 Å². The molecule has 0 unspecified atom stereocenters. The average Bonchev–Trinajstić information content (AvgIpc) is 0.722. The largest absolute Gasteiger partial charge is 2.00 e.